The zero-order valence-corrected chi connectivity index (χ0v) is 14.0. The molecule has 2 rings (SSSR count). The molecular formula is C18H23NOS. The van der Waals surface area contributed by atoms with Crippen LogP contribution in [0.15, 0.2) is 47.4 Å². The Balaban J connectivity index is 2.33. The van der Waals surface area contributed by atoms with E-state index in [1.165, 1.54) is 21.6 Å². The van der Waals surface area contributed by atoms with E-state index in [-0.39, 0.29) is 6.04 Å². The smallest absolute Gasteiger partial charge is 0.122 e. The first-order valence-corrected chi connectivity index (χ1v) is 8.35. The van der Waals surface area contributed by atoms with Gasteiger partial charge in [-0.05, 0) is 49.9 Å². The molecule has 0 amide bonds. The lowest BCUT2D eigenvalue weighted by atomic mass is 9.97. The number of benzene rings is 2. The second-order valence-electron chi connectivity index (χ2n) is 5.10. The fraction of sp³-hybridized carbons (Fsp3) is 0.333. The van der Waals surface area contributed by atoms with Gasteiger partial charge in [-0.15, -0.1) is 11.8 Å². The molecule has 0 saturated carbocycles. The van der Waals surface area contributed by atoms with Gasteiger partial charge in [0.25, 0.3) is 0 Å². The minimum atomic E-state index is 0.282. The number of aryl methyl sites for hydroxylation is 1. The van der Waals surface area contributed by atoms with Gasteiger partial charge in [0.1, 0.15) is 5.75 Å². The van der Waals surface area contributed by atoms with Crippen molar-refractivity contribution in [2.75, 3.05) is 20.4 Å². The molecular weight excluding hydrogens is 278 g/mol. The van der Waals surface area contributed by atoms with Gasteiger partial charge in [-0.3, -0.25) is 0 Å². The molecule has 2 aromatic carbocycles. The summed E-state index contributed by atoms with van der Waals surface area (Å²) >= 11 is 1.79. The summed E-state index contributed by atoms with van der Waals surface area (Å²) in [5.41, 5.74) is 3.85. The van der Waals surface area contributed by atoms with Crippen molar-refractivity contribution in [2.45, 2.75) is 24.3 Å². The van der Waals surface area contributed by atoms with Crippen LogP contribution >= 0.6 is 11.8 Å². The van der Waals surface area contributed by atoms with E-state index in [1.807, 2.05) is 7.05 Å². The van der Waals surface area contributed by atoms with Crippen LogP contribution in [0, 0.1) is 6.92 Å². The van der Waals surface area contributed by atoms with Crippen LogP contribution in [0.5, 0.6) is 5.75 Å². The molecule has 0 radical (unpaired) electrons. The zero-order valence-electron chi connectivity index (χ0n) is 13.1. The summed E-state index contributed by atoms with van der Waals surface area (Å²) in [6.07, 6.45) is 3.04. The molecule has 3 heteroatoms. The van der Waals surface area contributed by atoms with Gasteiger partial charge in [-0.1, -0.05) is 35.9 Å². The first-order valence-electron chi connectivity index (χ1n) is 7.13. The number of nitrogens with one attached hydrogen (secondary N) is 1. The van der Waals surface area contributed by atoms with E-state index in [0.717, 1.165) is 12.2 Å². The molecule has 0 aliphatic carbocycles. The normalized spacial score (nSPS) is 12.2. The highest BCUT2D eigenvalue weighted by atomic mass is 32.2. The molecule has 0 aromatic heterocycles. The number of likely N-dealkylation sites (N-methyl/N-ethyl adjacent to an activating group) is 1. The summed E-state index contributed by atoms with van der Waals surface area (Å²) in [6, 6.07) is 15.2. The van der Waals surface area contributed by atoms with E-state index in [2.05, 4.69) is 61.0 Å². The minimum Gasteiger partial charge on any atom is -0.496 e. The van der Waals surface area contributed by atoms with Crippen LogP contribution in [0.2, 0.25) is 0 Å². The first-order chi connectivity index (χ1) is 10.2. The third-order valence-electron chi connectivity index (χ3n) is 3.72. The van der Waals surface area contributed by atoms with E-state index < -0.39 is 0 Å². The van der Waals surface area contributed by atoms with Gasteiger partial charge in [-0.2, -0.15) is 0 Å². The third kappa shape index (κ3) is 3.80. The summed E-state index contributed by atoms with van der Waals surface area (Å²) in [5, 5.41) is 3.44. The lowest BCUT2D eigenvalue weighted by Crippen LogP contribution is -2.20. The first kappa shape index (κ1) is 15.9. The van der Waals surface area contributed by atoms with Crippen molar-refractivity contribution < 1.29 is 4.74 Å². The van der Waals surface area contributed by atoms with E-state index >= 15 is 0 Å². The van der Waals surface area contributed by atoms with Crippen LogP contribution in [-0.4, -0.2) is 20.4 Å². The SMILES string of the molecule is CNC(Cc1cc(C)ccc1OC)c1ccccc1SC. The lowest BCUT2D eigenvalue weighted by Gasteiger charge is -2.21. The van der Waals surface area contributed by atoms with Gasteiger partial charge in [0.2, 0.25) is 0 Å². The van der Waals surface area contributed by atoms with E-state index in [1.54, 1.807) is 18.9 Å². The fourth-order valence-corrected chi connectivity index (χ4v) is 3.27. The van der Waals surface area contributed by atoms with Gasteiger partial charge in [0.15, 0.2) is 0 Å². The molecule has 112 valence electrons. The van der Waals surface area contributed by atoms with E-state index in [9.17, 15) is 0 Å². The Morgan fingerprint density at radius 2 is 1.95 bits per heavy atom. The van der Waals surface area contributed by atoms with E-state index in [0.29, 0.717) is 0 Å². The lowest BCUT2D eigenvalue weighted by molar-refractivity contribution is 0.406. The predicted octanol–water partition coefficient (Wildman–Crippen LogP) is 4.23. The average molecular weight is 301 g/mol. The van der Waals surface area contributed by atoms with Crippen molar-refractivity contribution in [3.05, 3.63) is 59.2 Å². The number of rotatable bonds is 6. The Bertz CT molecular complexity index is 598. The number of thioether (sulfide) groups is 1. The second-order valence-corrected chi connectivity index (χ2v) is 5.95. The maximum Gasteiger partial charge on any atom is 0.122 e. The number of ether oxygens (including phenoxy) is 1. The Morgan fingerprint density at radius 1 is 1.19 bits per heavy atom. The summed E-state index contributed by atoms with van der Waals surface area (Å²) in [4.78, 5) is 1.32. The highest BCUT2D eigenvalue weighted by Crippen LogP contribution is 2.30. The van der Waals surface area contributed by atoms with Gasteiger partial charge in [0, 0.05) is 10.9 Å². The van der Waals surface area contributed by atoms with Crippen molar-refractivity contribution in [1.29, 1.82) is 0 Å². The highest BCUT2D eigenvalue weighted by molar-refractivity contribution is 7.98. The highest BCUT2D eigenvalue weighted by Gasteiger charge is 2.16. The van der Waals surface area contributed by atoms with Crippen LogP contribution in [0.3, 0.4) is 0 Å². The van der Waals surface area contributed by atoms with Crippen molar-refractivity contribution in [2.24, 2.45) is 0 Å². The molecule has 0 aliphatic heterocycles. The Labute approximate surface area is 131 Å². The predicted molar refractivity (Wildman–Crippen MR) is 91.5 cm³/mol. The van der Waals surface area contributed by atoms with Gasteiger partial charge in [-0.25, -0.2) is 0 Å². The van der Waals surface area contributed by atoms with Gasteiger partial charge < -0.3 is 10.1 Å². The topological polar surface area (TPSA) is 21.3 Å². The zero-order chi connectivity index (χ0) is 15.2. The Kier molecular flexibility index (Phi) is 5.71. The Hall–Kier alpha value is -1.45. The van der Waals surface area contributed by atoms with Crippen molar-refractivity contribution >= 4 is 11.8 Å². The Morgan fingerprint density at radius 3 is 2.62 bits per heavy atom. The molecule has 0 heterocycles. The molecule has 21 heavy (non-hydrogen) atoms. The van der Waals surface area contributed by atoms with Crippen molar-refractivity contribution in [3.8, 4) is 5.75 Å². The summed E-state index contributed by atoms with van der Waals surface area (Å²) in [5.74, 6) is 0.961. The summed E-state index contributed by atoms with van der Waals surface area (Å²) in [7, 11) is 3.75. The number of methoxy groups -OCH3 is 1. The van der Waals surface area contributed by atoms with Crippen LogP contribution in [0.1, 0.15) is 22.7 Å². The standard InChI is InChI=1S/C18H23NOS/c1-13-9-10-17(20-3)14(11-13)12-16(19-2)15-7-5-6-8-18(15)21-4/h5-11,16,19H,12H2,1-4H3. The third-order valence-corrected chi connectivity index (χ3v) is 4.53. The van der Waals surface area contributed by atoms with Crippen LogP contribution < -0.4 is 10.1 Å². The molecule has 1 N–H and O–H groups in total. The summed E-state index contributed by atoms with van der Waals surface area (Å²) < 4.78 is 5.51. The quantitative estimate of drug-likeness (QED) is 0.807. The van der Waals surface area contributed by atoms with Crippen LogP contribution in [-0.2, 0) is 6.42 Å². The van der Waals surface area contributed by atoms with Crippen LogP contribution in [0.25, 0.3) is 0 Å². The molecule has 1 atom stereocenters. The molecule has 2 nitrogen and oxygen atoms in total. The molecule has 0 fully saturated rings. The molecule has 0 spiro atoms. The molecule has 0 bridgehead atoms. The largest absolute Gasteiger partial charge is 0.496 e. The fourth-order valence-electron chi connectivity index (χ4n) is 2.61. The monoisotopic (exact) mass is 301 g/mol. The summed E-state index contributed by atoms with van der Waals surface area (Å²) in [6.45, 7) is 2.12. The minimum absolute atomic E-state index is 0.282. The van der Waals surface area contributed by atoms with Gasteiger partial charge in [0.05, 0.1) is 7.11 Å². The molecule has 0 saturated heterocycles. The van der Waals surface area contributed by atoms with E-state index in [4.69, 9.17) is 4.74 Å². The number of hydrogen-bond donors (Lipinski definition) is 1. The maximum atomic E-state index is 5.51. The molecule has 2 aromatic rings. The second kappa shape index (κ2) is 7.53. The van der Waals surface area contributed by atoms with Gasteiger partial charge >= 0.3 is 0 Å². The van der Waals surface area contributed by atoms with Crippen molar-refractivity contribution in [1.82, 2.24) is 5.32 Å². The average Bonchev–Trinajstić information content (AvgIpc) is 2.52. The van der Waals surface area contributed by atoms with Crippen LogP contribution in [0.4, 0.5) is 0 Å². The maximum absolute atomic E-state index is 5.51. The number of hydrogen-bond acceptors (Lipinski definition) is 3. The molecule has 1 unspecified atom stereocenters. The molecule has 0 aliphatic rings. The van der Waals surface area contributed by atoms with Crippen molar-refractivity contribution in [3.63, 3.8) is 0 Å².